The second-order valence-corrected chi connectivity index (χ2v) is 7.72. The normalized spacial score (nSPS) is 11.3. The molecule has 0 unspecified atom stereocenters. The van der Waals surface area contributed by atoms with Crippen LogP contribution >= 0.6 is 11.3 Å². The fourth-order valence-corrected chi connectivity index (χ4v) is 3.26. The van der Waals surface area contributed by atoms with Crippen LogP contribution in [0.1, 0.15) is 26.5 Å². The second kappa shape index (κ2) is 7.21. The molecule has 0 atom stereocenters. The van der Waals surface area contributed by atoms with E-state index in [1.54, 1.807) is 39.0 Å². The van der Waals surface area contributed by atoms with E-state index in [9.17, 15) is 9.59 Å². The number of carbonyl (C=O) groups is 1. The lowest BCUT2D eigenvalue weighted by Gasteiger charge is -2.19. The van der Waals surface area contributed by atoms with E-state index in [2.05, 4.69) is 15.3 Å². The van der Waals surface area contributed by atoms with Gasteiger partial charge < -0.3 is 10.1 Å². The average molecular weight is 369 g/mol. The van der Waals surface area contributed by atoms with E-state index < -0.39 is 11.7 Å². The van der Waals surface area contributed by atoms with Crippen molar-refractivity contribution in [3.05, 3.63) is 58.5 Å². The maximum Gasteiger partial charge on any atom is 0.407 e. The van der Waals surface area contributed by atoms with E-state index in [1.165, 1.54) is 11.3 Å². The Hall–Kier alpha value is -2.80. The standard InChI is InChI=1S/C19H19N3O3S/c1-19(2,3)25-18(24)20-11-12-7-6-9-14(21-12)17-22-16(23)13-8-4-5-10-15(13)26-17/h4-10H,11H2,1-3H3,(H,20,24). The maximum atomic E-state index is 12.2. The summed E-state index contributed by atoms with van der Waals surface area (Å²) in [6.07, 6.45) is -0.502. The number of carbonyl (C=O) groups excluding carboxylic acids is 1. The highest BCUT2D eigenvalue weighted by Crippen LogP contribution is 2.24. The summed E-state index contributed by atoms with van der Waals surface area (Å²) in [5.41, 5.74) is 0.429. The number of rotatable bonds is 3. The molecule has 2 aromatic heterocycles. The molecule has 0 fully saturated rings. The number of hydrogen-bond donors (Lipinski definition) is 1. The Kier molecular flexibility index (Phi) is 4.99. The minimum atomic E-state index is -0.555. The zero-order valence-electron chi connectivity index (χ0n) is 14.8. The predicted molar refractivity (Wildman–Crippen MR) is 102 cm³/mol. The monoisotopic (exact) mass is 369 g/mol. The third kappa shape index (κ3) is 4.43. The molecule has 1 amide bonds. The number of ether oxygens (including phenoxy) is 1. The Labute approximate surface area is 154 Å². The molecule has 0 saturated heterocycles. The number of amides is 1. The van der Waals surface area contributed by atoms with Crippen molar-refractivity contribution in [1.29, 1.82) is 0 Å². The van der Waals surface area contributed by atoms with Crippen LogP contribution in [0.25, 0.3) is 20.8 Å². The first-order valence-corrected chi connectivity index (χ1v) is 8.96. The zero-order chi connectivity index (χ0) is 18.7. The number of nitrogens with one attached hydrogen (secondary N) is 1. The Morgan fingerprint density at radius 2 is 1.88 bits per heavy atom. The summed E-state index contributed by atoms with van der Waals surface area (Å²) in [6, 6.07) is 12.8. The van der Waals surface area contributed by atoms with Crippen LogP contribution in [0.4, 0.5) is 4.79 Å². The van der Waals surface area contributed by atoms with Gasteiger partial charge in [0.05, 0.1) is 23.3 Å². The lowest BCUT2D eigenvalue weighted by Crippen LogP contribution is -2.32. The lowest BCUT2D eigenvalue weighted by atomic mass is 10.2. The summed E-state index contributed by atoms with van der Waals surface area (Å²) in [7, 11) is 0. The quantitative estimate of drug-likeness (QED) is 0.760. The van der Waals surface area contributed by atoms with Crippen LogP contribution in [0.5, 0.6) is 0 Å². The molecule has 0 spiro atoms. The van der Waals surface area contributed by atoms with Crippen LogP contribution in [0.15, 0.2) is 47.3 Å². The summed E-state index contributed by atoms with van der Waals surface area (Å²) in [4.78, 5) is 32.6. The molecule has 1 N–H and O–H groups in total. The number of benzene rings is 1. The van der Waals surface area contributed by atoms with Gasteiger partial charge in [0.15, 0.2) is 0 Å². The molecule has 0 radical (unpaired) electrons. The van der Waals surface area contributed by atoms with Gasteiger partial charge in [0.2, 0.25) is 0 Å². The van der Waals surface area contributed by atoms with Crippen LogP contribution in [0.2, 0.25) is 0 Å². The SMILES string of the molecule is CC(C)(C)OC(=O)NCc1cccc(-c2nc(=O)c3ccccc3s2)n1. The van der Waals surface area contributed by atoms with Gasteiger partial charge in [-0.25, -0.2) is 9.78 Å². The topological polar surface area (TPSA) is 81.2 Å². The van der Waals surface area contributed by atoms with E-state index in [0.29, 0.717) is 21.8 Å². The van der Waals surface area contributed by atoms with Crippen LogP contribution in [-0.4, -0.2) is 21.7 Å². The summed E-state index contributed by atoms with van der Waals surface area (Å²) >= 11 is 1.41. The van der Waals surface area contributed by atoms with Gasteiger partial charge in [-0.15, -0.1) is 11.3 Å². The molecule has 6 nitrogen and oxygen atoms in total. The molecule has 2 heterocycles. The van der Waals surface area contributed by atoms with E-state index >= 15 is 0 Å². The van der Waals surface area contributed by atoms with Gasteiger partial charge in [0, 0.05) is 4.70 Å². The van der Waals surface area contributed by atoms with Gasteiger partial charge in [0.1, 0.15) is 10.6 Å². The molecule has 26 heavy (non-hydrogen) atoms. The third-order valence-corrected chi connectivity index (χ3v) is 4.44. The minimum Gasteiger partial charge on any atom is -0.444 e. The third-order valence-electron chi connectivity index (χ3n) is 3.37. The number of alkyl carbamates (subject to hydrolysis) is 1. The molecule has 0 saturated carbocycles. The summed E-state index contributed by atoms with van der Waals surface area (Å²) < 4.78 is 6.07. The fourth-order valence-electron chi connectivity index (χ4n) is 2.30. The van der Waals surface area contributed by atoms with Gasteiger partial charge in [-0.1, -0.05) is 18.2 Å². The fraction of sp³-hybridized carbons (Fsp3) is 0.263. The van der Waals surface area contributed by atoms with Gasteiger partial charge in [-0.05, 0) is 45.0 Å². The smallest absolute Gasteiger partial charge is 0.407 e. The molecule has 0 aliphatic heterocycles. The lowest BCUT2D eigenvalue weighted by molar-refractivity contribution is 0.0523. The molecule has 134 valence electrons. The van der Waals surface area contributed by atoms with Crippen LogP contribution in [0, 0.1) is 0 Å². The highest BCUT2D eigenvalue weighted by molar-refractivity contribution is 7.21. The van der Waals surface area contributed by atoms with Crippen molar-refractivity contribution in [2.75, 3.05) is 0 Å². The number of fused-ring (bicyclic) bond motifs is 1. The maximum absolute atomic E-state index is 12.2. The van der Waals surface area contributed by atoms with Crippen molar-refractivity contribution in [3.63, 3.8) is 0 Å². The molecule has 0 aliphatic carbocycles. The van der Waals surface area contributed by atoms with Gasteiger partial charge in [0.25, 0.3) is 5.56 Å². The Balaban J connectivity index is 1.81. The molecule has 0 bridgehead atoms. The second-order valence-electron chi connectivity index (χ2n) is 6.69. The molecular weight excluding hydrogens is 350 g/mol. The van der Waals surface area contributed by atoms with E-state index in [4.69, 9.17) is 4.74 Å². The van der Waals surface area contributed by atoms with Gasteiger partial charge >= 0.3 is 6.09 Å². The van der Waals surface area contributed by atoms with Crippen molar-refractivity contribution < 1.29 is 9.53 Å². The van der Waals surface area contributed by atoms with Crippen molar-refractivity contribution in [2.45, 2.75) is 32.9 Å². The summed E-state index contributed by atoms with van der Waals surface area (Å²) in [6.45, 7) is 5.64. The molecule has 3 aromatic rings. The first-order valence-electron chi connectivity index (χ1n) is 8.15. The Morgan fingerprint density at radius 1 is 1.12 bits per heavy atom. The van der Waals surface area contributed by atoms with E-state index in [0.717, 1.165) is 4.70 Å². The first-order chi connectivity index (χ1) is 12.3. The van der Waals surface area contributed by atoms with Crippen LogP contribution in [0.3, 0.4) is 0 Å². The molecule has 7 heteroatoms. The number of pyridine rings is 1. The molecule has 1 aromatic carbocycles. The Bertz CT molecular complexity index is 1010. The van der Waals surface area contributed by atoms with Gasteiger partial charge in [-0.3, -0.25) is 4.79 Å². The summed E-state index contributed by atoms with van der Waals surface area (Å²) in [5.74, 6) is 0. The molecule has 3 rings (SSSR count). The minimum absolute atomic E-state index is 0.227. The molecular formula is C19H19N3O3S. The number of nitrogens with zero attached hydrogens (tertiary/aromatic N) is 2. The van der Waals surface area contributed by atoms with E-state index in [-0.39, 0.29) is 12.1 Å². The largest absolute Gasteiger partial charge is 0.444 e. The van der Waals surface area contributed by atoms with E-state index in [1.807, 2.05) is 24.3 Å². The van der Waals surface area contributed by atoms with Crippen molar-refractivity contribution in [3.8, 4) is 10.7 Å². The van der Waals surface area contributed by atoms with Gasteiger partial charge in [-0.2, -0.15) is 4.98 Å². The summed E-state index contributed by atoms with van der Waals surface area (Å²) in [5, 5.41) is 3.82. The highest BCUT2D eigenvalue weighted by atomic mass is 32.1. The van der Waals surface area contributed by atoms with Crippen molar-refractivity contribution in [2.24, 2.45) is 0 Å². The van der Waals surface area contributed by atoms with Crippen LogP contribution < -0.4 is 10.9 Å². The predicted octanol–water partition coefficient (Wildman–Crippen LogP) is 3.74. The average Bonchev–Trinajstić information content (AvgIpc) is 2.59. The van der Waals surface area contributed by atoms with Crippen molar-refractivity contribution in [1.82, 2.24) is 15.3 Å². The van der Waals surface area contributed by atoms with Crippen molar-refractivity contribution >= 4 is 27.5 Å². The number of hydrogen-bond acceptors (Lipinski definition) is 6. The van der Waals surface area contributed by atoms with Crippen LogP contribution in [-0.2, 0) is 11.3 Å². The first kappa shape index (κ1) is 18.0. The molecule has 0 aliphatic rings. The highest BCUT2D eigenvalue weighted by Gasteiger charge is 2.16. The Morgan fingerprint density at radius 3 is 2.65 bits per heavy atom. The number of aromatic nitrogens is 2. The zero-order valence-corrected chi connectivity index (χ0v) is 15.6.